The lowest BCUT2D eigenvalue weighted by atomic mass is 9.82. The molecule has 1 aliphatic rings. The summed E-state index contributed by atoms with van der Waals surface area (Å²) in [6, 6.07) is 10.5. The van der Waals surface area contributed by atoms with Crippen molar-refractivity contribution in [2.75, 3.05) is 13.6 Å². The molecular formula is C17H17F2N. The summed E-state index contributed by atoms with van der Waals surface area (Å²) in [5.74, 6) is -1.46. The molecule has 2 aromatic rings. The molecule has 0 spiro atoms. The van der Waals surface area contributed by atoms with Crippen LogP contribution in [0.2, 0.25) is 0 Å². The molecule has 0 fully saturated rings. The van der Waals surface area contributed by atoms with E-state index in [2.05, 4.69) is 37.1 Å². The smallest absolute Gasteiger partial charge is 0.159 e. The van der Waals surface area contributed by atoms with Gasteiger partial charge in [0.25, 0.3) is 0 Å². The van der Waals surface area contributed by atoms with Gasteiger partial charge in [0.2, 0.25) is 0 Å². The molecule has 0 aliphatic carbocycles. The van der Waals surface area contributed by atoms with Gasteiger partial charge >= 0.3 is 0 Å². The first-order chi connectivity index (χ1) is 9.56. The second-order valence-electron chi connectivity index (χ2n) is 5.57. The van der Waals surface area contributed by atoms with E-state index in [-0.39, 0.29) is 5.92 Å². The second-order valence-corrected chi connectivity index (χ2v) is 5.57. The van der Waals surface area contributed by atoms with Crippen LogP contribution in [0.5, 0.6) is 0 Å². The monoisotopic (exact) mass is 273 g/mol. The number of likely N-dealkylation sites (N-methyl/N-ethyl adjacent to an activating group) is 1. The fraction of sp³-hybridized carbons (Fsp3) is 0.294. The molecule has 1 atom stereocenters. The molecule has 0 radical (unpaired) electrons. The zero-order valence-corrected chi connectivity index (χ0v) is 11.7. The van der Waals surface area contributed by atoms with Crippen LogP contribution in [-0.4, -0.2) is 18.5 Å². The average molecular weight is 273 g/mol. The Morgan fingerprint density at radius 1 is 1.10 bits per heavy atom. The molecule has 3 rings (SSSR count). The van der Waals surface area contributed by atoms with Crippen LogP contribution < -0.4 is 0 Å². The zero-order chi connectivity index (χ0) is 14.3. The lowest BCUT2D eigenvalue weighted by molar-refractivity contribution is 0.294. The Morgan fingerprint density at radius 2 is 1.90 bits per heavy atom. The highest BCUT2D eigenvalue weighted by Gasteiger charge is 2.26. The van der Waals surface area contributed by atoms with Gasteiger partial charge in [-0.15, -0.1) is 0 Å². The van der Waals surface area contributed by atoms with E-state index in [9.17, 15) is 8.78 Å². The summed E-state index contributed by atoms with van der Waals surface area (Å²) in [4.78, 5) is 2.22. The third kappa shape index (κ3) is 2.22. The molecule has 2 aromatic carbocycles. The van der Waals surface area contributed by atoms with E-state index in [0.717, 1.165) is 18.7 Å². The molecule has 1 heterocycles. The SMILES string of the molecule is Cc1cccc2c1[C@H](c1ccc(F)c(F)c1)CN(C)C2. The Bertz CT molecular complexity index is 651. The topological polar surface area (TPSA) is 3.24 Å². The van der Waals surface area contributed by atoms with E-state index in [0.29, 0.717) is 0 Å². The number of rotatable bonds is 1. The standard InChI is InChI=1S/C17H17F2N/c1-11-4-3-5-13-9-20(2)10-14(17(11)13)12-6-7-15(18)16(19)8-12/h3-8,14H,9-10H2,1-2H3/t14-/m0/s1. The first-order valence-corrected chi connectivity index (χ1v) is 6.78. The van der Waals surface area contributed by atoms with E-state index in [1.807, 2.05) is 0 Å². The van der Waals surface area contributed by atoms with Gasteiger partial charge in [-0.25, -0.2) is 8.78 Å². The van der Waals surface area contributed by atoms with Gasteiger partial charge in [0.15, 0.2) is 11.6 Å². The normalized spacial score (nSPS) is 18.9. The summed E-state index contributed by atoms with van der Waals surface area (Å²) in [7, 11) is 2.05. The van der Waals surface area contributed by atoms with Gasteiger partial charge in [-0.2, -0.15) is 0 Å². The largest absolute Gasteiger partial charge is 0.301 e. The van der Waals surface area contributed by atoms with Crippen LogP contribution in [0.1, 0.15) is 28.2 Å². The van der Waals surface area contributed by atoms with E-state index in [4.69, 9.17) is 0 Å². The summed E-state index contributed by atoms with van der Waals surface area (Å²) in [6.07, 6.45) is 0. The Labute approximate surface area is 117 Å². The molecule has 0 saturated carbocycles. The molecule has 0 aromatic heterocycles. The molecule has 0 unspecified atom stereocenters. The van der Waals surface area contributed by atoms with Gasteiger partial charge in [0, 0.05) is 19.0 Å². The van der Waals surface area contributed by atoms with Crippen LogP contribution in [0.3, 0.4) is 0 Å². The molecular weight excluding hydrogens is 256 g/mol. The highest BCUT2D eigenvalue weighted by molar-refractivity contribution is 5.45. The van der Waals surface area contributed by atoms with Crippen LogP contribution in [0.25, 0.3) is 0 Å². The van der Waals surface area contributed by atoms with E-state index in [1.54, 1.807) is 6.07 Å². The van der Waals surface area contributed by atoms with Gasteiger partial charge in [-0.1, -0.05) is 24.3 Å². The van der Waals surface area contributed by atoms with Crippen molar-refractivity contribution in [3.63, 3.8) is 0 Å². The van der Waals surface area contributed by atoms with Crippen LogP contribution in [0.4, 0.5) is 8.78 Å². The quantitative estimate of drug-likeness (QED) is 0.763. The van der Waals surface area contributed by atoms with Gasteiger partial charge < -0.3 is 4.90 Å². The minimum atomic E-state index is -0.789. The first-order valence-electron chi connectivity index (χ1n) is 6.78. The van der Waals surface area contributed by atoms with Gasteiger partial charge in [0.05, 0.1) is 0 Å². The first kappa shape index (κ1) is 13.3. The van der Waals surface area contributed by atoms with Gasteiger partial charge in [0.1, 0.15) is 0 Å². The molecule has 0 bridgehead atoms. The Balaban J connectivity index is 2.12. The number of hydrogen-bond acceptors (Lipinski definition) is 1. The predicted molar refractivity (Wildman–Crippen MR) is 75.7 cm³/mol. The van der Waals surface area contributed by atoms with Crippen molar-refractivity contribution in [3.8, 4) is 0 Å². The molecule has 1 nitrogen and oxygen atoms in total. The van der Waals surface area contributed by atoms with Crippen LogP contribution in [0, 0.1) is 18.6 Å². The van der Waals surface area contributed by atoms with Crippen molar-refractivity contribution in [2.45, 2.75) is 19.4 Å². The highest BCUT2D eigenvalue weighted by Crippen LogP contribution is 2.35. The maximum atomic E-state index is 13.5. The molecule has 0 amide bonds. The summed E-state index contributed by atoms with van der Waals surface area (Å²) in [5.41, 5.74) is 4.58. The maximum Gasteiger partial charge on any atom is 0.159 e. The van der Waals surface area contributed by atoms with Crippen molar-refractivity contribution in [3.05, 3.63) is 70.3 Å². The predicted octanol–water partition coefficient (Wildman–Crippen LogP) is 3.85. The van der Waals surface area contributed by atoms with Gasteiger partial charge in [-0.05, 0) is 48.4 Å². The van der Waals surface area contributed by atoms with Crippen molar-refractivity contribution in [2.24, 2.45) is 0 Å². The molecule has 1 aliphatic heterocycles. The Morgan fingerprint density at radius 3 is 2.65 bits per heavy atom. The summed E-state index contributed by atoms with van der Waals surface area (Å²) in [6.45, 7) is 3.80. The fourth-order valence-corrected chi connectivity index (χ4v) is 3.14. The minimum Gasteiger partial charge on any atom is -0.301 e. The highest BCUT2D eigenvalue weighted by atomic mass is 19.2. The number of fused-ring (bicyclic) bond motifs is 1. The van der Waals surface area contributed by atoms with Crippen LogP contribution in [-0.2, 0) is 6.54 Å². The fourth-order valence-electron chi connectivity index (χ4n) is 3.14. The molecule has 104 valence electrons. The third-order valence-corrected chi connectivity index (χ3v) is 4.04. The Kier molecular flexibility index (Phi) is 3.30. The minimum absolute atomic E-state index is 0.0973. The van der Waals surface area contributed by atoms with E-state index < -0.39 is 11.6 Å². The number of halogens is 2. The van der Waals surface area contributed by atoms with E-state index >= 15 is 0 Å². The number of hydrogen-bond donors (Lipinski definition) is 0. The third-order valence-electron chi connectivity index (χ3n) is 4.04. The Hall–Kier alpha value is -1.74. The van der Waals surface area contributed by atoms with Crippen LogP contribution >= 0.6 is 0 Å². The number of nitrogens with zero attached hydrogens (tertiary/aromatic N) is 1. The second kappa shape index (κ2) is 4.98. The average Bonchev–Trinajstić information content (AvgIpc) is 2.41. The van der Waals surface area contributed by atoms with E-state index in [1.165, 1.54) is 28.8 Å². The van der Waals surface area contributed by atoms with Crippen molar-refractivity contribution in [1.29, 1.82) is 0 Å². The number of aryl methyl sites for hydroxylation is 1. The van der Waals surface area contributed by atoms with Crippen molar-refractivity contribution >= 4 is 0 Å². The summed E-state index contributed by atoms with van der Waals surface area (Å²) < 4.78 is 26.7. The molecule has 0 saturated heterocycles. The van der Waals surface area contributed by atoms with Crippen LogP contribution in [0.15, 0.2) is 36.4 Å². The molecule has 20 heavy (non-hydrogen) atoms. The lowest BCUT2D eigenvalue weighted by Gasteiger charge is -2.33. The molecule has 3 heteroatoms. The van der Waals surface area contributed by atoms with Crippen molar-refractivity contribution < 1.29 is 8.78 Å². The lowest BCUT2D eigenvalue weighted by Crippen LogP contribution is -2.31. The van der Waals surface area contributed by atoms with Crippen molar-refractivity contribution in [1.82, 2.24) is 4.90 Å². The summed E-state index contributed by atoms with van der Waals surface area (Å²) in [5, 5.41) is 0. The summed E-state index contributed by atoms with van der Waals surface area (Å²) >= 11 is 0. The molecule has 0 N–H and O–H groups in total. The number of benzene rings is 2. The van der Waals surface area contributed by atoms with Gasteiger partial charge in [-0.3, -0.25) is 0 Å². The zero-order valence-electron chi connectivity index (χ0n) is 11.7. The maximum absolute atomic E-state index is 13.5.